The van der Waals surface area contributed by atoms with E-state index in [-0.39, 0.29) is 5.41 Å². The lowest BCUT2D eigenvalue weighted by molar-refractivity contribution is 0.448. The van der Waals surface area contributed by atoms with Gasteiger partial charge in [-0.25, -0.2) is 4.98 Å². The summed E-state index contributed by atoms with van der Waals surface area (Å²) in [6, 6.07) is 7.69. The van der Waals surface area contributed by atoms with Crippen LogP contribution in [0.1, 0.15) is 37.7 Å². The first kappa shape index (κ1) is 14.5. The van der Waals surface area contributed by atoms with E-state index in [9.17, 15) is 0 Å². The van der Waals surface area contributed by atoms with Crippen molar-refractivity contribution in [2.45, 2.75) is 39.7 Å². The molecule has 0 unspecified atom stereocenters. The smallest absolute Gasteiger partial charge is 0.219 e. The van der Waals surface area contributed by atoms with E-state index in [4.69, 9.17) is 10.5 Å². The molecule has 2 aromatic rings. The van der Waals surface area contributed by atoms with E-state index in [1.807, 2.05) is 31.2 Å². The van der Waals surface area contributed by atoms with Gasteiger partial charge in [0.1, 0.15) is 5.75 Å². The van der Waals surface area contributed by atoms with Crippen LogP contribution in [-0.2, 0) is 12.0 Å². The predicted octanol–water partition coefficient (Wildman–Crippen LogP) is 3.33. The molecule has 0 atom stereocenters. The number of hydrogen-bond donors (Lipinski definition) is 1. The van der Waals surface area contributed by atoms with Gasteiger partial charge in [-0.05, 0) is 30.7 Å². The number of nitrogens with two attached hydrogens (primary N) is 1. The molecule has 4 heteroatoms. The number of aryl methyl sites for hydroxylation is 1. The monoisotopic (exact) mass is 271 g/mol. The third-order valence-electron chi connectivity index (χ3n) is 2.97. The van der Waals surface area contributed by atoms with Crippen LogP contribution in [0.25, 0.3) is 0 Å². The van der Waals surface area contributed by atoms with Crippen molar-refractivity contribution in [1.82, 2.24) is 9.97 Å². The molecule has 20 heavy (non-hydrogen) atoms. The van der Waals surface area contributed by atoms with Crippen LogP contribution in [0.2, 0.25) is 0 Å². The summed E-state index contributed by atoms with van der Waals surface area (Å²) in [5.41, 5.74) is 8.64. The van der Waals surface area contributed by atoms with Crippen molar-refractivity contribution in [2.24, 2.45) is 5.73 Å². The molecule has 0 aliphatic heterocycles. The van der Waals surface area contributed by atoms with Crippen LogP contribution >= 0.6 is 0 Å². The van der Waals surface area contributed by atoms with E-state index in [2.05, 4.69) is 30.7 Å². The van der Waals surface area contributed by atoms with Gasteiger partial charge in [0.15, 0.2) is 0 Å². The number of hydrogen-bond acceptors (Lipinski definition) is 4. The van der Waals surface area contributed by atoms with Crippen molar-refractivity contribution in [3.8, 4) is 11.6 Å². The number of nitrogens with zero attached hydrogens (tertiary/aromatic N) is 2. The first-order valence-corrected chi connectivity index (χ1v) is 6.70. The summed E-state index contributed by atoms with van der Waals surface area (Å²) in [6.07, 6.45) is 1.70. The second kappa shape index (κ2) is 5.59. The van der Waals surface area contributed by atoms with E-state index in [1.165, 1.54) is 0 Å². The third-order valence-corrected chi connectivity index (χ3v) is 2.97. The zero-order valence-electron chi connectivity index (χ0n) is 12.5. The first-order chi connectivity index (χ1) is 9.38. The summed E-state index contributed by atoms with van der Waals surface area (Å²) in [4.78, 5) is 8.78. The Hall–Kier alpha value is -1.94. The molecule has 0 amide bonds. The van der Waals surface area contributed by atoms with Crippen LogP contribution in [0.5, 0.6) is 11.6 Å². The number of ether oxygens (including phenoxy) is 1. The van der Waals surface area contributed by atoms with Gasteiger partial charge in [0.25, 0.3) is 0 Å². The van der Waals surface area contributed by atoms with Gasteiger partial charge >= 0.3 is 0 Å². The maximum Gasteiger partial charge on any atom is 0.219 e. The van der Waals surface area contributed by atoms with Gasteiger partial charge in [0.05, 0.1) is 11.9 Å². The van der Waals surface area contributed by atoms with E-state index < -0.39 is 0 Å². The molecule has 2 rings (SSSR count). The molecule has 2 aromatic heterocycles. The van der Waals surface area contributed by atoms with Crippen LogP contribution in [0.3, 0.4) is 0 Å². The van der Waals surface area contributed by atoms with Crippen LogP contribution < -0.4 is 10.5 Å². The maximum absolute atomic E-state index is 5.78. The maximum atomic E-state index is 5.78. The molecule has 0 saturated heterocycles. The average molecular weight is 271 g/mol. The van der Waals surface area contributed by atoms with E-state index >= 15 is 0 Å². The Labute approximate surface area is 120 Å². The number of pyridine rings is 2. The Morgan fingerprint density at radius 3 is 2.50 bits per heavy atom. The molecule has 0 bridgehead atoms. The van der Waals surface area contributed by atoms with Crippen LogP contribution in [0, 0.1) is 6.92 Å². The number of aromatic nitrogens is 2. The molecule has 0 spiro atoms. The molecule has 0 aliphatic rings. The largest absolute Gasteiger partial charge is 0.437 e. The Kier molecular flexibility index (Phi) is 4.04. The van der Waals surface area contributed by atoms with Crippen molar-refractivity contribution in [3.63, 3.8) is 0 Å². The highest BCUT2D eigenvalue weighted by atomic mass is 16.5. The van der Waals surface area contributed by atoms with E-state index in [0.717, 1.165) is 17.0 Å². The highest BCUT2D eigenvalue weighted by molar-refractivity contribution is 5.32. The molecule has 0 aromatic carbocycles. The minimum atomic E-state index is -0.0468. The van der Waals surface area contributed by atoms with Gasteiger partial charge in [0, 0.05) is 23.7 Å². The quantitative estimate of drug-likeness (QED) is 0.930. The molecular formula is C16H21N3O. The summed E-state index contributed by atoms with van der Waals surface area (Å²) in [6.45, 7) is 8.76. The van der Waals surface area contributed by atoms with Crippen molar-refractivity contribution < 1.29 is 4.74 Å². The minimum absolute atomic E-state index is 0.0468. The fourth-order valence-electron chi connectivity index (χ4n) is 1.75. The summed E-state index contributed by atoms with van der Waals surface area (Å²) in [5, 5.41) is 0. The molecule has 4 nitrogen and oxygen atoms in total. The number of rotatable bonds is 3. The molecular weight excluding hydrogens is 250 g/mol. The van der Waals surface area contributed by atoms with Gasteiger partial charge in [-0.3, -0.25) is 4.98 Å². The fraction of sp³-hybridized carbons (Fsp3) is 0.375. The zero-order valence-corrected chi connectivity index (χ0v) is 12.5. The summed E-state index contributed by atoms with van der Waals surface area (Å²) >= 11 is 0. The lowest BCUT2D eigenvalue weighted by atomic mass is 9.91. The second-order valence-corrected chi connectivity index (χ2v) is 5.89. The molecule has 106 valence electrons. The van der Waals surface area contributed by atoms with Crippen molar-refractivity contribution in [3.05, 3.63) is 47.4 Å². The van der Waals surface area contributed by atoms with E-state index in [0.29, 0.717) is 18.2 Å². The fourth-order valence-corrected chi connectivity index (χ4v) is 1.75. The first-order valence-electron chi connectivity index (χ1n) is 6.70. The summed E-state index contributed by atoms with van der Waals surface area (Å²) < 4.78 is 5.78. The Morgan fingerprint density at radius 2 is 1.95 bits per heavy atom. The molecule has 2 heterocycles. The molecule has 0 saturated carbocycles. The van der Waals surface area contributed by atoms with Crippen molar-refractivity contribution in [1.29, 1.82) is 0 Å². The van der Waals surface area contributed by atoms with Gasteiger partial charge in [-0.1, -0.05) is 20.8 Å². The summed E-state index contributed by atoms with van der Waals surface area (Å²) in [5.74, 6) is 1.24. The van der Waals surface area contributed by atoms with Crippen molar-refractivity contribution in [2.75, 3.05) is 0 Å². The Bertz CT molecular complexity index is 586. The predicted molar refractivity (Wildman–Crippen MR) is 79.9 cm³/mol. The average Bonchev–Trinajstić information content (AvgIpc) is 2.40. The third kappa shape index (κ3) is 3.54. The van der Waals surface area contributed by atoms with Gasteiger partial charge in [-0.15, -0.1) is 0 Å². The van der Waals surface area contributed by atoms with Crippen LogP contribution in [-0.4, -0.2) is 9.97 Å². The Balaban J connectivity index is 2.33. The lowest BCUT2D eigenvalue weighted by Crippen LogP contribution is -2.15. The lowest BCUT2D eigenvalue weighted by Gasteiger charge is -2.19. The highest BCUT2D eigenvalue weighted by Gasteiger charge is 2.17. The topological polar surface area (TPSA) is 61.0 Å². The van der Waals surface area contributed by atoms with Gasteiger partial charge in [-0.2, -0.15) is 0 Å². The van der Waals surface area contributed by atoms with Gasteiger partial charge < -0.3 is 10.5 Å². The van der Waals surface area contributed by atoms with Gasteiger partial charge in [0.2, 0.25) is 5.88 Å². The van der Waals surface area contributed by atoms with Crippen LogP contribution in [0.15, 0.2) is 30.5 Å². The Morgan fingerprint density at radius 1 is 1.20 bits per heavy atom. The van der Waals surface area contributed by atoms with E-state index in [1.54, 1.807) is 6.20 Å². The van der Waals surface area contributed by atoms with Crippen molar-refractivity contribution >= 4 is 0 Å². The SMILES string of the molecule is Cc1ccc(Oc2cc(CN)cc(C(C)(C)C)n2)cn1. The molecule has 0 radical (unpaired) electrons. The normalized spacial score (nSPS) is 11.4. The molecule has 2 N–H and O–H groups in total. The molecule has 0 fully saturated rings. The zero-order chi connectivity index (χ0) is 14.8. The molecule has 0 aliphatic carbocycles. The minimum Gasteiger partial charge on any atom is -0.437 e. The van der Waals surface area contributed by atoms with Crippen LogP contribution in [0.4, 0.5) is 0 Å². The second-order valence-electron chi connectivity index (χ2n) is 5.89. The highest BCUT2D eigenvalue weighted by Crippen LogP contribution is 2.26. The summed E-state index contributed by atoms with van der Waals surface area (Å²) in [7, 11) is 0. The standard InChI is InChI=1S/C16H21N3O/c1-11-5-6-13(10-18-11)20-15-8-12(9-17)7-14(19-15)16(2,3)4/h5-8,10H,9,17H2,1-4H3.